The number of carbonyl (C=O) groups excluding carboxylic acids is 1. The van der Waals surface area contributed by atoms with Crippen LogP contribution >= 0.6 is 11.6 Å². The molecule has 1 amide bonds. The first-order valence-corrected chi connectivity index (χ1v) is 9.56. The summed E-state index contributed by atoms with van der Waals surface area (Å²) in [5.74, 6) is 1.14. The molecule has 2 rings (SSSR count). The van der Waals surface area contributed by atoms with Crippen LogP contribution in [0.5, 0.6) is 5.75 Å². The molecule has 0 radical (unpaired) electrons. The topological polar surface area (TPSA) is 42.0 Å². The number of likely N-dealkylation sites (N-methyl/N-ethyl adjacent to an activating group) is 1. The maximum atomic E-state index is 12.2. The minimum Gasteiger partial charge on any atom is -0.410 e. The first-order chi connectivity index (χ1) is 12.6. The van der Waals surface area contributed by atoms with Gasteiger partial charge >= 0.3 is 6.09 Å². The fourth-order valence-corrected chi connectivity index (χ4v) is 3.08. The Bertz CT molecular complexity index is 557. The van der Waals surface area contributed by atoms with Crippen molar-refractivity contribution in [3.8, 4) is 5.75 Å². The van der Waals surface area contributed by atoms with Crippen LogP contribution in [0.3, 0.4) is 0 Å². The van der Waals surface area contributed by atoms with Gasteiger partial charge in [-0.3, -0.25) is 0 Å². The average molecular weight is 381 g/mol. The number of likely N-dealkylation sites (tertiary alicyclic amines) is 1. The number of hydrogen-bond donors (Lipinski definition) is 0. The van der Waals surface area contributed by atoms with E-state index in [1.54, 1.807) is 29.2 Å². The van der Waals surface area contributed by atoms with Gasteiger partial charge in [0.05, 0.1) is 6.61 Å². The predicted molar refractivity (Wildman–Crippen MR) is 105 cm³/mol. The summed E-state index contributed by atoms with van der Waals surface area (Å²) in [5.41, 5.74) is 0. The zero-order chi connectivity index (χ0) is 18.8. The Balaban J connectivity index is 1.59. The molecule has 0 bridgehead atoms. The molecule has 1 saturated heterocycles. The lowest BCUT2D eigenvalue weighted by Gasteiger charge is -2.31. The molecule has 1 aliphatic heterocycles. The minimum absolute atomic E-state index is 0.285. The summed E-state index contributed by atoms with van der Waals surface area (Å²) in [6.45, 7) is 8.52. The van der Waals surface area contributed by atoms with Gasteiger partial charge in [0.1, 0.15) is 5.75 Å². The molecule has 1 aliphatic rings. The Morgan fingerprint density at radius 3 is 2.65 bits per heavy atom. The van der Waals surface area contributed by atoms with Gasteiger partial charge in [0.25, 0.3) is 0 Å². The van der Waals surface area contributed by atoms with Crippen LogP contribution in [0.25, 0.3) is 0 Å². The molecule has 0 N–H and O–H groups in total. The Hall–Kier alpha value is -1.56. The van der Waals surface area contributed by atoms with E-state index in [1.165, 1.54) is 0 Å². The SMILES string of the molecule is C=CCN(C)CCOCCC1CCN(C(=O)Oc2ccc(Cl)cc2)CC1. The van der Waals surface area contributed by atoms with Gasteiger partial charge in [-0.2, -0.15) is 0 Å². The number of ether oxygens (including phenoxy) is 2. The van der Waals surface area contributed by atoms with E-state index in [2.05, 4.69) is 18.5 Å². The quantitative estimate of drug-likeness (QED) is 0.478. The zero-order valence-corrected chi connectivity index (χ0v) is 16.3. The number of piperidine rings is 1. The fraction of sp³-hybridized carbons (Fsp3) is 0.550. The number of nitrogens with zero attached hydrogens (tertiary/aromatic N) is 2. The molecule has 0 aliphatic carbocycles. The molecule has 1 fully saturated rings. The normalized spacial score (nSPS) is 15.3. The van der Waals surface area contributed by atoms with Gasteiger partial charge < -0.3 is 19.3 Å². The summed E-state index contributed by atoms with van der Waals surface area (Å²) in [4.78, 5) is 16.2. The molecule has 1 aromatic rings. The molecule has 0 unspecified atom stereocenters. The Morgan fingerprint density at radius 2 is 2.00 bits per heavy atom. The summed E-state index contributed by atoms with van der Waals surface area (Å²) in [6, 6.07) is 6.84. The predicted octanol–water partition coefficient (Wildman–Crippen LogP) is 4.08. The van der Waals surface area contributed by atoms with Crippen molar-refractivity contribution < 1.29 is 14.3 Å². The van der Waals surface area contributed by atoms with E-state index >= 15 is 0 Å². The lowest BCUT2D eigenvalue weighted by molar-refractivity contribution is 0.0877. The van der Waals surface area contributed by atoms with Crippen molar-refractivity contribution in [1.29, 1.82) is 0 Å². The molecule has 0 spiro atoms. The minimum atomic E-state index is -0.285. The van der Waals surface area contributed by atoms with Gasteiger partial charge in [-0.05, 0) is 56.5 Å². The first kappa shape index (κ1) is 20.7. The summed E-state index contributed by atoms with van der Waals surface area (Å²) in [7, 11) is 2.06. The molecule has 144 valence electrons. The van der Waals surface area contributed by atoms with E-state index in [9.17, 15) is 4.79 Å². The van der Waals surface area contributed by atoms with Crippen LogP contribution in [0, 0.1) is 5.92 Å². The first-order valence-electron chi connectivity index (χ1n) is 9.18. The number of hydrogen-bond acceptors (Lipinski definition) is 4. The lowest BCUT2D eigenvalue weighted by Crippen LogP contribution is -2.40. The van der Waals surface area contributed by atoms with Crippen LogP contribution in [0.4, 0.5) is 4.79 Å². The molecule has 6 heteroatoms. The van der Waals surface area contributed by atoms with Gasteiger partial charge in [-0.25, -0.2) is 4.79 Å². The van der Waals surface area contributed by atoms with Gasteiger partial charge in [-0.1, -0.05) is 17.7 Å². The van der Waals surface area contributed by atoms with Gasteiger partial charge in [0.15, 0.2) is 0 Å². The maximum Gasteiger partial charge on any atom is 0.415 e. The highest BCUT2D eigenvalue weighted by atomic mass is 35.5. The molecule has 0 aromatic heterocycles. The second-order valence-electron chi connectivity index (χ2n) is 6.70. The molecule has 26 heavy (non-hydrogen) atoms. The van der Waals surface area contributed by atoms with Crippen molar-refractivity contribution in [3.05, 3.63) is 41.9 Å². The monoisotopic (exact) mass is 380 g/mol. The maximum absolute atomic E-state index is 12.2. The van der Waals surface area contributed by atoms with Crippen molar-refractivity contribution >= 4 is 17.7 Å². The van der Waals surface area contributed by atoms with Crippen molar-refractivity contribution in [2.45, 2.75) is 19.3 Å². The van der Waals surface area contributed by atoms with Gasteiger partial charge in [0.2, 0.25) is 0 Å². The summed E-state index contributed by atoms with van der Waals surface area (Å²) >= 11 is 5.84. The second kappa shape index (κ2) is 11.2. The third kappa shape index (κ3) is 7.36. The van der Waals surface area contributed by atoms with Gasteiger partial charge in [0, 0.05) is 37.8 Å². The van der Waals surface area contributed by atoms with Crippen LogP contribution in [-0.2, 0) is 4.74 Å². The number of halogens is 1. The standard InChI is InChI=1S/C20H29ClN2O3/c1-3-11-22(2)14-16-25-15-10-17-8-12-23(13-9-17)20(24)26-19-6-4-18(21)5-7-19/h3-7,17H,1,8-16H2,2H3. The van der Waals surface area contributed by atoms with Crippen LogP contribution in [0.15, 0.2) is 36.9 Å². The van der Waals surface area contributed by atoms with Crippen LogP contribution in [0.1, 0.15) is 19.3 Å². The summed E-state index contributed by atoms with van der Waals surface area (Å²) < 4.78 is 11.1. The molecule has 1 aromatic carbocycles. The number of carbonyl (C=O) groups is 1. The zero-order valence-electron chi connectivity index (χ0n) is 15.5. The van der Waals surface area contributed by atoms with Crippen LogP contribution in [0.2, 0.25) is 5.02 Å². The van der Waals surface area contributed by atoms with Crippen molar-refractivity contribution in [2.24, 2.45) is 5.92 Å². The Kier molecular flexibility index (Phi) is 8.95. The number of rotatable bonds is 9. The largest absolute Gasteiger partial charge is 0.415 e. The highest BCUT2D eigenvalue weighted by molar-refractivity contribution is 6.30. The molecule has 0 atom stereocenters. The third-order valence-corrected chi connectivity index (χ3v) is 4.87. The van der Waals surface area contributed by atoms with Crippen LogP contribution in [-0.4, -0.2) is 62.3 Å². The fourth-order valence-electron chi connectivity index (χ4n) is 2.96. The summed E-state index contributed by atoms with van der Waals surface area (Å²) in [6.07, 6.45) is 4.65. The average Bonchev–Trinajstić information content (AvgIpc) is 2.64. The third-order valence-electron chi connectivity index (χ3n) is 4.62. The lowest BCUT2D eigenvalue weighted by atomic mass is 9.94. The molecular weight excluding hydrogens is 352 g/mol. The summed E-state index contributed by atoms with van der Waals surface area (Å²) in [5, 5.41) is 0.625. The van der Waals surface area contributed by atoms with E-state index in [4.69, 9.17) is 21.1 Å². The van der Waals surface area contributed by atoms with Crippen molar-refractivity contribution in [2.75, 3.05) is 46.4 Å². The van der Waals surface area contributed by atoms with E-state index in [1.807, 2.05) is 6.08 Å². The number of amides is 1. The molecule has 1 heterocycles. The smallest absolute Gasteiger partial charge is 0.410 e. The molecule has 0 saturated carbocycles. The highest BCUT2D eigenvalue weighted by Gasteiger charge is 2.24. The molecular formula is C20H29ClN2O3. The molecule has 5 nitrogen and oxygen atoms in total. The Morgan fingerprint density at radius 1 is 1.31 bits per heavy atom. The Labute approximate surface area is 161 Å². The number of benzene rings is 1. The van der Waals surface area contributed by atoms with Crippen molar-refractivity contribution in [3.63, 3.8) is 0 Å². The van der Waals surface area contributed by atoms with E-state index in [0.29, 0.717) is 16.7 Å². The van der Waals surface area contributed by atoms with Crippen molar-refractivity contribution in [1.82, 2.24) is 9.80 Å². The second-order valence-corrected chi connectivity index (χ2v) is 7.14. The van der Waals surface area contributed by atoms with Crippen LogP contribution < -0.4 is 4.74 Å². The van der Waals surface area contributed by atoms with E-state index < -0.39 is 0 Å². The van der Waals surface area contributed by atoms with E-state index in [-0.39, 0.29) is 6.09 Å². The van der Waals surface area contributed by atoms with Gasteiger partial charge in [-0.15, -0.1) is 6.58 Å². The highest BCUT2D eigenvalue weighted by Crippen LogP contribution is 2.22. The van der Waals surface area contributed by atoms with E-state index in [0.717, 1.165) is 58.7 Å².